The highest BCUT2D eigenvalue weighted by molar-refractivity contribution is 6.30. The van der Waals surface area contributed by atoms with Crippen LogP contribution in [0.3, 0.4) is 0 Å². The zero-order valence-corrected chi connectivity index (χ0v) is 14.7. The summed E-state index contributed by atoms with van der Waals surface area (Å²) in [5.74, 6) is -0.726. The summed E-state index contributed by atoms with van der Waals surface area (Å²) in [5, 5.41) is 6.31. The molecule has 2 aromatic carbocycles. The van der Waals surface area contributed by atoms with Crippen LogP contribution in [0, 0.1) is 0 Å². The maximum Gasteiger partial charge on any atom is 0.257 e. The van der Waals surface area contributed by atoms with Gasteiger partial charge in [-0.05, 0) is 29.8 Å². The van der Waals surface area contributed by atoms with Crippen molar-refractivity contribution in [2.75, 3.05) is 5.32 Å². The molecule has 2 amide bonds. The van der Waals surface area contributed by atoms with Crippen LogP contribution in [0.1, 0.15) is 22.8 Å². The summed E-state index contributed by atoms with van der Waals surface area (Å²) >= 11 is 5.83. The van der Waals surface area contributed by atoms with Gasteiger partial charge in [-0.2, -0.15) is 0 Å². The minimum absolute atomic E-state index is 0.00596. The van der Waals surface area contributed by atoms with Crippen molar-refractivity contribution in [3.63, 3.8) is 0 Å². The zero-order chi connectivity index (χ0) is 18.7. The molecule has 0 radical (unpaired) electrons. The van der Waals surface area contributed by atoms with Gasteiger partial charge in [0, 0.05) is 30.1 Å². The second-order valence-electron chi connectivity index (χ2n) is 5.75. The van der Waals surface area contributed by atoms with Gasteiger partial charge < -0.3 is 15.6 Å². The first-order chi connectivity index (χ1) is 12.5. The molecule has 0 fully saturated rings. The fourth-order valence-corrected chi connectivity index (χ4v) is 2.72. The highest BCUT2D eigenvalue weighted by Crippen LogP contribution is 2.19. The smallest absolute Gasteiger partial charge is 0.257 e. The highest BCUT2D eigenvalue weighted by Gasteiger charge is 2.14. The van der Waals surface area contributed by atoms with Crippen molar-refractivity contribution in [2.45, 2.75) is 13.5 Å². The van der Waals surface area contributed by atoms with E-state index < -0.39 is 11.3 Å². The second kappa shape index (κ2) is 7.41. The number of pyridine rings is 1. The van der Waals surface area contributed by atoms with E-state index in [4.69, 9.17) is 11.6 Å². The van der Waals surface area contributed by atoms with E-state index in [0.29, 0.717) is 21.6 Å². The van der Waals surface area contributed by atoms with E-state index in [1.165, 1.54) is 13.1 Å². The quantitative estimate of drug-likeness (QED) is 0.660. The predicted molar refractivity (Wildman–Crippen MR) is 101 cm³/mol. The van der Waals surface area contributed by atoms with Gasteiger partial charge in [0.1, 0.15) is 5.56 Å². The molecule has 132 valence electrons. The number of carbonyl (C=O) groups is 2. The van der Waals surface area contributed by atoms with Crippen molar-refractivity contribution in [3.05, 3.63) is 75.0 Å². The molecule has 7 heteroatoms. The molecule has 0 saturated carbocycles. The van der Waals surface area contributed by atoms with Gasteiger partial charge in [-0.3, -0.25) is 14.4 Å². The third-order valence-corrected chi connectivity index (χ3v) is 4.09. The number of hydrogen-bond acceptors (Lipinski definition) is 3. The Bertz CT molecular complexity index is 1040. The molecule has 1 aromatic heterocycles. The van der Waals surface area contributed by atoms with Gasteiger partial charge in [0.25, 0.3) is 5.91 Å². The number of nitrogens with one attached hydrogen (secondary N) is 3. The van der Waals surface area contributed by atoms with E-state index in [2.05, 4.69) is 15.6 Å². The third kappa shape index (κ3) is 3.75. The maximum atomic E-state index is 12.7. The SMILES string of the molecule is CC(=O)Nc1cccc2c(=O)c(C(=O)NCc3ccc(Cl)cc3)c[nH]c12. The Morgan fingerprint density at radius 1 is 1.12 bits per heavy atom. The van der Waals surface area contributed by atoms with Gasteiger partial charge >= 0.3 is 0 Å². The maximum absolute atomic E-state index is 12.7. The molecule has 0 aliphatic rings. The Hall–Kier alpha value is -3.12. The number of amides is 2. The molecule has 0 unspecified atom stereocenters. The van der Waals surface area contributed by atoms with Gasteiger partial charge in [0.15, 0.2) is 0 Å². The molecular formula is C19H16ClN3O3. The molecule has 0 saturated heterocycles. The van der Waals surface area contributed by atoms with Crippen molar-refractivity contribution < 1.29 is 9.59 Å². The number of anilines is 1. The average molecular weight is 370 g/mol. The van der Waals surface area contributed by atoms with Gasteiger partial charge in [-0.1, -0.05) is 29.8 Å². The number of hydrogen-bond donors (Lipinski definition) is 3. The van der Waals surface area contributed by atoms with E-state index in [0.717, 1.165) is 5.56 Å². The Balaban J connectivity index is 1.87. The number of H-pyrrole nitrogens is 1. The first kappa shape index (κ1) is 17.7. The zero-order valence-electron chi connectivity index (χ0n) is 13.9. The van der Waals surface area contributed by atoms with Crippen LogP contribution in [-0.4, -0.2) is 16.8 Å². The molecule has 0 aliphatic carbocycles. The summed E-state index contributed by atoms with van der Waals surface area (Å²) in [6, 6.07) is 12.0. The van der Waals surface area contributed by atoms with Gasteiger partial charge in [0.05, 0.1) is 11.2 Å². The molecule has 0 bridgehead atoms. The highest BCUT2D eigenvalue weighted by atomic mass is 35.5. The minimum Gasteiger partial charge on any atom is -0.358 e. The van der Waals surface area contributed by atoms with Crippen molar-refractivity contribution in [2.24, 2.45) is 0 Å². The monoisotopic (exact) mass is 369 g/mol. The summed E-state index contributed by atoms with van der Waals surface area (Å²) in [4.78, 5) is 39.2. The van der Waals surface area contributed by atoms with Gasteiger partial charge in [-0.15, -0.1) is 0 Å². The molecule has 0 aliphatic heterocycles. The molecule has 6 nitrogen and oxygen atoms in total. The number of fused-ring (bicyclic) bond motifs is 1. The van der Waals surface area contributed by atoms with Crippen LogP contribution in [0.2, 0.25) is 5.02 Å². The summed E-state index contributed by atoms with van der Waals surface area (Å²) in [6.07, 6.45) is 1.35. The number of aromatic amines is 1. The Kier molecular flexibility index (Phi) is 5.04. The number of halogens is 1. The topological polar surface area (TPSA) is 91.1 Å². The Morgan fingerprint density at radius 2 is 1.85 bits per heavy atom. The summed E-state index contributed by atoms with van der Waals surface area (Å²) in [5.41, 5.74) is 1.43. The fraction of sp³-hybridized carbons (Fsp3) is 0.105. The van der Waals surface area contributed by atoms with E-state index in [9.17, 15) is 14.4 Å². The Labute approximate surface area is 154 Å². The molecular weight excluding hydrogens is 354 g/mol. The lowest BCUT2D eigenvalue weighted by atomic mass is 10.1. The normalized spacial score (nSPS) is 10.5. The summed E-state index contributed by atoms with van der Waals surface area (Å²) < 4.78 is 0. The van der Waals surface area contributed by atoms with Crippen LogP contribution in [0.15, 0.2) is 53.5 Å². The van der Waals surface area contributed by atoms with E-state index >= 15 is 0 Å². The molecule has 3 aromatic rings. The van der Waals surface area contributed by atoms with Crippen molar-refractivity contribution in [3.8, 4) is 0 Å². The van der Waals surface area contributed by atoms with Crippen molar-refractivity contribution >= 4 is 40.0 Å². The largest absolute Gasteiger partial charge is 0.358 e. The number of para-hydroxylation sites is 1. The summed E-state index contributed by atoms with van der Waals surface area (Å²) in [6.45, 7) is 1.66. The van der Waals surface area contributed by atoms with Crippen LogP contribution >= 0.6 is 11.6 Å². The van der Waals surface area contributed by atoms with Crippen molar-refractivity contribution in [1.29, 1.82) is 0 Å². The third-order valence-electron chi connectivity index (χ3n) is 3.84. The lowest BCUT2D eigenvalue weighted by Crippen LogP contribution is -2.28. The van der Waals surface area contributed by atoms with E-state index in [1.54, 1.807) is 42.5 Å². The van der Waals surface area contributed by atoms with Crippen molar-refractivity contribution in [1.82, 2.24) is 10.3 Å². The predicted octanol–water partition coefficient (Wildman–Crippen LogP) is 3.07. The standard InChI is InChI=1S/C19H16ClN3O3/c1-11(24)23-16-4-2-3-14-17(16)21-10-15(18(14)25)19(26)22-9-12-5-7-13(20)8-6-12/h2-8,10H,9H2,1H3,(H,21,25)(H,22,26)(H,23,24). The minimum atomic E-state index is -0.479. The van der Waals surface area contributed by atoms with Crippen LogP contribution in [0.25, 0.3) is 10.9 Å². The van der Waals surface area contributed by atoms with E-state index in [-0.39, 0.29) is 18.0 Å². The van der Waals surface area contributed by atoms with Crippen LogP contribution in [0.5, 0.6) is 0 Å². The number of carbonyl (C=O) groups excluding carboxylic acids is 2. The molecule has 26 heavy (non-hydrogen) atoms. The molecule has 3 rings (SSSR count). The average Bonchev–Trinajstić information content (AvgIpc) is 2.61. The van der Waals surface area contributed by atoms with Gasteiger partial charge in [0.2, 0.25) is 11.3 Å². The lowest BCUT2D eigenvalue weighted by molar-refractivity contribution is -0.114. The molecule has 0 atom stereocenters. The summed E-state index contributed by atoms with van der Waals surface area (Å²) in [7, 11) is 0. The van der Waals surface area contributed by atoms with Crippen LogP contribution in [0.4, 0.5) is 5.69 Å². The lowest BCUT2D eigenvalue weighted by Gasteiger charge is -2.09. The van der Waals surface area contributed by atoms with Gasteiger partial charge in [-0.25, -0.2) is 0 Å². The number of aromatic nitrogens is 1. The number of benzene rings is 2. The molecule has 0 spiro atoms. The molecule has 3 N–H and O–H groups in total. The van der Waals surface area contributed by atoms with Crippen LogP contribution in [-0.2, 0) is 11.3 Å². The number of rotatable bonds is 4. The fourth-order valence-electron chi connectivity index (χ4n) is 2.59. The first-order valence-electron chi connectivity index (χ1n) is 7.90. The first-order valence-corrected chi connectivity index (χ1v) is 8.28. The van der Waals surface area contributed by atoms with E-state index in [1.807, 2.05) is 0 Å². The second-order valence-corrected chi connectivity index (χ2v) is 6.19. The molecule has 1 heterocycles. The Morgan fingerprint density at radius 3 is 2.54 bits per heavy atom. The van der Waals surface area contributed by atoms with Crippen LogP contribution < -0.4 is 16.1 Å².